The van der Waals surface area contributed by atoms with Crippen molar-refractivity contribution in [3.63, 3.8) is 0 Å². The van der Waals surface area contributed by atoms with Gasteiger partial charge < -0.3 is 0 Å². The first-order valence-electron chi connectivity index (χ1n) is 11.5. The highest BCUT2D eigenvalue weighted by molar-refractivity contribution is 9.10. The number of hydrazone groups is 1. The van der Waals surface area contributed by atoms with Gasteiger partial charge in [-0.1, -0.05) is 64.0 Å². The zero-order chi connectivity index (χ0) is 25.3. The first kappa shape index (κ1) is 24.2. The molecule has 0 bridgehead atoms. The molecule has 0 unspecified atom stereocenters. The molecular weight excluding hydrogens is 538 g/mol. The lowest BCUT2D eigenvalue weighted by molar-refractivity contribution is -0.119. The molecule has 36 heavy (non-hydrogen) atoms. The van der Waals surface area contributed by atoms with E-state index in [9.17, 15) is 13.2 Å². The summed E-state index contributed by atoms with van der Waals surface area (Å²) in [5.74, 6) is -0.546. The van der Waals surface area contributed by atoms with Crippen molar-refractivity contribution in [1.29, 1.82) is 0 Å². The summed E-state index contributed by atoms with van der Waals surface area (Å²) in [6.07, 6.45) is 3.67. The number of halogens is 1. The second-order valence-electron chi connectivity index (χ2n) is 8.75. The minimum absolute atomic E-state index is 0.111. The van der Waals surface area contributed by atoms with Crippen LogP contribution in [0.3, 0.4) is 0 Å². The molecule has 8 heteroatoms. The number of nitrogens with zero attached hydrogens (tertiary/aromatic N) is 2. The Morgan fingerprint density at radius 3 is 2.39 bits per heavy atom. The maximum absolute atomic E-state index is 13.5. The van der Waals surface area contributed by atoms with Crippen LogP contribution in [0, 0.1) is 6.92 Å². The van der Waals surface area contributed by atoms with Gasteiger partial charge in [0.25, 0.3) is 15.9 Å². The van der Waals surface area contributed by atoms with Gasteiger partial charge >= 0.3 is 0 Å². The topological polar surface area (TPSA) is 78.8 Å². The van der Waals surface area contributed by atoms with Gasteiger partial charge in [-0.3, -0.25) is 9.10 Å². The molecule has 0 atom stereocenters. The highest BCUT2D eigenvalue weighted by Gasteiger charge is 2.27. The van der Waals surface area contributed by atoms with Gasteiger partial charge in [0.2, 0.25) is 0 Å². The van der Waals surface area contributed by atoms with Crippen molar-refractivity contribution in [3.8, 4) is 0 Å². The molecule has 0 fully saturated rings. The third kappa shape index (κ3) is 4.79. The molecular formula is C28H24BrN3O3S. The predicted molar refractivity (Wildman–Crippen MR) is 147 cm³/mol. The van der Waals surface area contributed by atoms with Crippen LogP contribution in [0.4, 0.5) is 5.69 Å². The van der Waals surface area contributed by atoms with E-state index in [4.69, 9.17) is 0 Å². The summed E-state index contributed by atoms with van der Waals surface area (Å²) in [6.45, 7) is 1.47. The van der Waals surface area contributed by atoms with E-state index in [0.29, 0.717) is 5.69 Å². The fourth-order valence-corrected chi connectivity index (χ4v) is 6.17. The number of carbonyl (C=O) groups is 1. The number of sulfonamides is 1. The standard InChI is InChI=1S/C28H24BrN3O3S/c1-19-5-15-25(16-6-19)36(34,35)32(24-13-11-23(29)12-14-24)18-27(33)31-30-17-22-10-9-21-8-7-20-3-2-4-26(22)28(20)21/h2-6,9-17H,7-8,18H2,1H3,(H,31,33)/b30-17-. The number of rotatable bonds is 7. The van der Waals surface area contributed by atoms with Gasteiger partial charge in [0.15, 0.2) is 0 Å². The van der Waals surface area contributed by atoms with E-state index in [2.05, 4.69) is 44.7 Å². The van der Waals surface area contributed by atoms with Gasteiger partial charge in [0, 0.05) is 10.0 Å². The van der Waals surface area contributed by atoms with Gasteiger partial charge in [0.05, 0.1) is 16.8 Å². The van der Waals surface area contributed by atoms with Crippen LogP contribution in [0.5, 0.6) is 0 Å². The van der Waals surface area contributed by atoms with Crippen molar-refractivity contribution in [2.45, 2.75) is 24.7 Å². The summed E-state index contributed by atoms with van der Waals surface area (Å²) in [7, 11) is -3.98. The van der Waals surface area contributed by atoms with Crippen molar-refractivity contribution in [3.05, 3.63) is 106 Å². The van der Waals surface area contributed by atoms with Crippen LogP contribution in [-0.2, 0) is 27.7 Å². The summed E-state index contributed by atoms with van der Waals surface area (Å²) >= 11 is 3.37. The molecule has 182 valence electrons. The molecule has 0 spiro atoms. The lowest BCUT2D eigenvalue weighted by Gasteiger charge is -2.23. The molecule has 0 saturated carbocycles. The average Bonchev–Trinajstić information content (AvgIpc) is 3.29. The van der Waals surface area contributed by atoms with Crippen LogP contribution in [0.25, 0.3) is 10.8 Å². The van der Waals surface area contributed by atoms with E-state index in [1.807, 2.05) is 19.1 Å². The Hall–Kier alpha value is -3.49. The Labute approximate surface area is 218 Å². The molecule has 0 saturated heterocycles. The maximum Gasteiger partial charge on any atom is 0.264 e. The van der Waals surface area contributed by atoms with E-state index >= 15 is 0 Å². The zero-order valence-corrected chi connectivity index (χ0v) is 22.0. The smallest absolute Gasteiger partial charge is 0.264 e. The van der Waals surface area contributed by atoms with E-state index < -0.39 is 22.5 Å². The molecule has 0 heterocycles. The molecule has 4 aromatic rings. The number of nitrogens with one attached hydrogen (secondary N) is 1. The van der Waals surface area contributed by atoms with Crippen LogP contribution in [0.1, 0.15) is 22.3 Å². The molecule has 0 radical (unpaired) electrons. The van der Waals surface area contributed by atoms with Crippen LogP contribution in [-0.4, -0.2) is 27.1 Å². The minimum Gasteiger partial charge on any atom is -0.271 e. The maximum atomic E-state index is 13.5. The molecule has 4 aromatic carbocycles. The Kier molecular flexibility index (Phi) is 6.64. The van der Waals surface area contributed by atoms with E-state index in [1.165, 1.54) is 16.5 Å². The number of amides is 1. The second-order valence-corrected chi connectivity index (χ2v) is 11.5. The largest absolute Gasteiger partial charge is 0.271 e. The summed E-state index contributed by atoms with van der Waals surface area (Å²) in [5, 5.41) is 6.50. The van der Waals surface area contributed by atoms with Crippen molar-refractivity contribution in [2.75, 3.05) is 10.8 Å². The fourth-order valence-electron chi connectivity index (χ4n) is 4.48. The number of anilines is 1. The number of benzene rings is 4. The molecule has 6 nitrogen and oxygen atoms in total. The van der Waals surface area contributed by atoms with Crippen LogP contribution >= 0.6 is 15.9 Å². The lowest BCUT2D eigenvalue weighted by Crippen LogP contribution is -2.39. The molecule has 1 aliphatic rings. The second kappa shape index (κ2) is 9.87. The van der Waals surface area contributed by atoms with Crippen LogP contribution in [0.15, 0.2) is 93.3 Å². The number of hydrogen-bond donors (Lipinski definition) is 1. The Morgan fingerprint density at radius 1 is 0.972 bits per heavy atom. The highest BCUT2D eigenvalue weighted by Crippen LogP contribution is 2.32. The lowest BCUT2D eigenvalue weighted by atomic mass is 10.0. The van der Waals surface area contributed by atoms with Crippen molar-refractivity contribution in [1.82, 2.24) is 5.43 Å². The normalized spacial score (nSPS) is 12.8. The van der Waals surface area contributed by atoms with E-state index in [0.717, 1.165) is 38.1 Å². The summed E-state index contributed by atoms with van der Waals surface area (Å²) in [6, 6.07) is 23.7. The van der Waals surface area contributed by atoms with Gasteiger partial charge in [-0.2, -0.15) is 5.10 Å². The van der Waals surface area contributed by atoms with Crippen LogP contribution in [0.2, 0.25) is 0 Å². The third-order valence-corrected chi connectivity index (χ3v) is 8.63. The minimum atomic E-state index is -3.98. The Balaban J connectivity index is 1.38. The first-order chi connectivity index (χ1) is 17.3. The SMILES string of the molecule is Cc1ccc(S(=O)(=O)N(CC(=O)N/N=C\c2ccc3c4c(cccc24)CC3)c2ccc(Br)cc2)cc1. The molecule has 0 aliphatic heterocycles. The highest BCUT2D eigenvalue weighted by atomic mass is 79.9. The van der Waals surface area contributed by atoms with Crippen molar-refractivity contribution in [2.24, 2.45) is 5.10 Å². The molecule has 1 N–H and O–H groups in total. The molecule has 1 aliphatic carbocycles. The van der Waals surface area contributed by atoms with Gasteiger partial charge in [0.1, 0.15) is 6.54 Å². The van der Waals surface area contributed by atoms with Gasteiger partial charge in [-0.25, -0.2) is 13.8 Å². The van der Waals surface area contributed by atoms with E-state index in [-0.39, 0.29) is 4.90 Å². The van der Waals surface area contributed by atoms with E-state index in [1.54, 1.807) is 54.7 Å². The van der Waals surface area contributed by atoms with Crippen molar-refractivity contribution < 1.29 is 13.2 Å². The summed E-state index contributed by atoms with van der Waals surface area (Å²) in [4.78, 5) is 13.0. The molecule has 0 aromatic heterocycles. The molecule has 5 rings (SSSR count). The van der Waals surface area contributed by atoms with Crippen molar-refractivity contribution >= 4 is 54.5 Å². The fraction of sp³-hybridized carbons (Fsp3) is 0.143. The predicted octanol–water partition coefficient (Wildman–Crippen LogP) is 5.35. The Morgan fingerprint density at radius 2 is 1.67 bits per heavy atom. The zero-order valence-electron chi connectivity index (χ0n) is 19.6. The average molecular weight is 562 g/mol. The number of carbonyl (C=O) groups excluding carboxylic acids is 1. The van der Waals surface area contributed by atoms with Crippen LogP contribution < -0.4 is 9.73 Å². The summed E-state index contributed by atoms with van der Waals surface area (Å²) < 4.78 is 28.8. The number of aryl methyl sites for hydroxylation is 3. The van der Waals surface area contributed by atoms with Gasteiger partial charge in [-0.15, -0.1) is 0 Å². The molecule has 1 amide bonds. The monoisotopic (exact) mass is 561 g/mol. The number of hydrogen-bond acceptors (Lipinski definition) is 4. The third-order valence-electron chi connectivity index (χ3n) is 6.31. The first-order valence-corrected chi connectivity index (χ1v) is 13.8. The Bertz CT molecular complexity index is 1570. The summed E-state index contributed by atoms with van der Waals surface area (Å²) in [5.41, 5.74) is 7.38. The van der Waals surface area contributed by atoms with Gasteiger partial charge in [-0.05, 0) is 78.1 Å². The quantitative estimate of drug-likeness (QED) is 0.244.